The van der Waals surface area contributed by atoms with Crippen molar-refractivity contribution in [1.29, 1.82) is 0 Å². The second-order valence-corrected chi connectivity index (χ2v) is 5.84. The summed E-state index contributed by atoms with van der Waals surface area (Å²) in [6.45, 7) is 9.52. The number of carbonyl (C=O) groups is 2. The topological polar surface area (TPSA) is 80.3 Å². The third kappa shape index (κ3) is 5.70. The molecule has 1 aromatic rings. The van der Waals surface area contributed by atoms with Gasteiger partial charge in [0.15, 0.2) is 0 Å². The number of aliphatic carboxylic acids is 2. The molecule has 0 spiro atoms. The van der Waals surface area contributed by atoms with E-state index in [9.17, 15) is 19.8 Å². The molecule has 0 radical (unpaired) electrons. The van der Waals surface area contributed by atoms with E-state index in [0.717, 1.165) is 5.56 Å². The Morgan fingerprint density at radius 2 is 1.29 bits per heavy atom. The average molecular weight is 308 g/mol. The van der Waals surface area contributed by atoms with Crippen LogP contribution in [0.1, 0.15) is 48.9 Å². The molecule has 1 aromatic carbocycles. The largest absolute Gasteiger partial charge is 1.00 e. The Balaban J connectivity index is 0. The number of carboxylic acids is 2. The molecule has 0 fully saturated rings. The van der Waals surface area contributed by atoms with Crippen LogP contribution in [0, 0.1) is 13.8 Å². The maximum Gasteiger partial charge on any atom is 1.00 e. The Kier molecular flexibility index (Phi) is 9.71. The molecule has 0 atom stereocenters. The van der Waals surface area contributed by atoms with Crippen molar-refractivity contribution in [3.8, 4) is 0 Å². The van der Waals surface area contributed by atoms with Gasteiger partial charge in [-0.15, -0.1) is 0 Å². The number of carboxylic acid groups (broad SMARTS) is 2. The molecule has 104 valence electrons. The number of rotatable bonds is 3. The zero-order valence-electron chi connectivity index (χ0n) is 13.9. The summed E-state index contributed by atoms with van der Waals surface area (Å²) in [5.74, 6) is -5.02. The van der Waals surface area contributed by atoms with Crippen LogP contribution in [-0.2, 0) is 15.0 Å². The minimum absolute atomic E-state index is 0. The van der Waals surface area contributed by atoms with Crippen LogP contribution in [-0.4, -0.2) is 11.9 Å². The molecule has 0 heterocycles. The molecule has 0 aliphatic carbocycles. The molecule has 21 heavy (non-hydrogen) atoms. The van der Waals surface area contributed by atoms with Crippen LogP contribution in [0.5, 0.6) is 0 Å². The first-order valence-corrected chi connectivity index (χ1v) is 6.09. The van der Waals surface area contributed by atoms with E-state index < -0.39 is 17.9 Å². The molecule has 0 aromatic heterocycles. The molecule has 0 saturated carbocycles. The molecule has 0 N–H and O–H groups in total. The van der Waals surface area contributed by atoms with Crippen LogP contribution in [0.15, 0.2) is 12.1 Å². The molecule has 1 rings (SSSR count). The summed E-state index contributed by atoms with van der Waals surface area (Å²) in [4.78, 5) is 22.0. The summed E-state index contributed by atoms with van der Waals surface area (Å²) >= 11 is 0. The van der Waals surface area contributed by atoms with Gasteiger partial charge in [0.25, 0.3) is 0 Å². The molecular formula is C15H18Na2O4. The Hall–Kier alpha value is 0.160. The Labute approximate surface area is 169 Å². The van der Waals surface area contributed by atoms with Crippen LogP contribution in [0.4, 0.5) is 0 Å². The third-order valence-electron chi connectivity index (χ3n) is 3.22. The first-order valence-electron chi connectivity index (χ1n) is 6.09. The molecule has 0 saturated heterocycles. The quantitative estimate of drug-likeness (QED) is 0.412. The van der Waals surface area contributed by atoms with E-state index >= 15 is 0 Å². The minimum atomic E-state index is -1.73. The molecular weight excluding hydrogens is 290 g/mol. The normalized spacial score (nSPS) is 10.6. The fourth-order valence-corrected chi connectivity index (χ4v) is 2.19. The van der Waals surface area contributed by atoms with Crippen LogP contribution < -0.4 is 69.3 Å². The minimum Gasteiger partial charge on any atom is -0.549 e. The average Bonchev–Trinajstić information content (AvgIpc) is 2.20. The van der Waals surface area contributed by atoms with Gasteiger partial charge in [0, 0.05) is 0 Å². The second-order valence-electron chi connectivity index (χ2n) is 5.84. The molecule has 0 amide bonds. The van der Waals surface area contributed by atoms with Gasteiger partial charge in [0.2, 0.25) is 0 Å². The summed E-state index contributed by atoms with van der Waals surface area (Å²) < 4.78 is 0. The van der Waals surface area contributed by atoms with Crippen LogP contribution in [0.25, 0.3) is 0 Å². The third-order valence-corrected chi connectivity index (χ3v) is 3.22. The summed E-state index contributed by atoms with van der Waals surface area (Å²) in [6, 6.07) is 3.64. The van der Waals surface area contributed by atoms with Gasteiger partial charge in [0.1, 0.15) is 0 Å². The monoisotopic (exact) mass is 308 g/mol. The maximum absolute atomic E-state index is 11.0. The van der Waals surface area contributed by atoms with Gasteiger partial charge in [-0.3, -0.25) is 0 Å². The summed E-state index contributed by atoms with van der Waals surface area (Å²) in [6.07, 6.45) is 0. The second kappa shape index (κ2) is 8.70. The number of hydrogen-bond acceptors (Lipinski definition) is 4. The maximum atomic E-state index is 11.0. The van der Waals surface area contributed by atoms with E-state index in [0.29, 0.717) is 11.1 Å². The zero-order chi connectivity index (χ0) is 15.0. The molecule has 0 unspecified atom stereocenters. The smallest absolute Gasteiger partial charge is 0.549 e. The first-order chi connectivity index (χ1) is 8.55. The van der Waals surface area contributed by atoms with Gasteiger partial charge in [-0.1, -0.05) is 32.9 Å². The molecule has 0 bridgehead atoms. The summed E-state index contributed by atoms with van der Waals surface area (Å²) in [5, 5.41) is 22.0. The summed E-state index contributed by atoms with van der Waals surface area (Å²) in [5.41, 5.74) is 2.45. The van der Waals surface area contributed by atoms with E-state index in [2.05, 4.69) is 0 Å². The van der Waals surface area contributed by atoms with E-state index in [1.165, 1.54) is 0 Å². The van der Waals surface area contributed by atoms with E-state index in [1.807, 2.05) is 32.9 Å². The van der Waals surface area contributed by atoms with Crippen LogP contribution in [0.2, 0.25) is 0 Å². The first kappa shape index (κ1) is 23.4. The van der Waals surface area contributed by atoms with Gasteiger partial charge in [-0.25, -0.2) is 0 Å². The van der Waals surface area contributed by atoms with Crippen molar-refractivity contribution in [2.75, 3.05) is 0 Å². The van der Waals surface area contributed by atoms with Crippen molar-refractivity contribution in [3.63, 3.8) is 0 Å². The van der Waals surface area contributed by atoms with E-state index in [1.54, 1.807) is 13.8 Å². The standard InChI is InChI=1S/C15H20O4.2Na/c1-8-6-10(15(3,4)5)7-9(2)11(8)12(13(16)17)14(18)19;;/h6-7,12H,1-5H3,(H,16,17)(H,18,19);;/q;2*+1/p-2. The fraction of sp³-hybridized carbons (Fsp3) is 0.467. The van der Waals surface area contributed by atoms with Crippen molar-refractivity contribution >= 4 is 11.9 Å². The number of carbonyl (C=O) groups excluding carboxylic acids is 2. The molecule has 6 heteroatoms. The van der Waals surface area contributed by atoms with Crippen LogP contribution in [0.3, 0.4) is 0 Å². The van der Waals surface area contributed by atoms with Crippen molar-refractivity contribution in [2.24, 2.45) is 0 Å². The SMILES string of the molecule is Cc1cc(C(C)(C)C)cc(C)c1C(C(=O)[O-])C(=O)[O-].[Na+].[Na+]. The predicted octanol–water partition coefficient (Wildman–Crippen LogP) is -5.81. The number of aryl methyl sites for hydroxylation is 2. The molecule has 4 nitrogen and oxygen atoms in total. The number of benzene rings is 1. The van der Waals surface area contributed by atoms with Gasteiger partial charge in [-0.2, -0.15) is 0 Å². The van der Waals surface area contributed by atoms with Gasteiger partial charge in [-0.05, 0) is 41.5 Å². The van der Waals surface area contributed by atoms with Crippen molar-refractivity contribution in [2.45, 2.75) is 46.0 Å². The fourth-order valence-electron chi connectivity index (χ4n) is 2.19. The number of hydrogen-bond donors (Lipinski definition) is 0. The van der Waals surface area contributed by atoms with Crippen molar-refractivity contribution in [1.82, 2.24) is 0 Å². The van der Waals surface area contributed by atoms with Gasteiger partial charge in [0.05, 0.1) is 17.9 Å². The van der Waals surface area contributed by atoms with Crippen molar-refractivity contribution < 1.29 is 78.9 Å². The molecule has 0 aliphatic heterocycles. The van der Waals surface area contributed by atoms with E-state index in [-0.39, 0.29) is 70.1 Å². The predicted molar refractivity (Wildman–Crippen MR) is 67.4 cm³/mol. The van der Waals surface area contributed by atoms with Crippen molar-refractivity contribution in [3.05, 3.63) is 34.4 Å². The Morgan fingerprint density at radius 1 is 0.952 bits per heavy atom. The molecule has 0 aliphatic rings. The Morgan fingerprint density at radius 3 is 1.52 bits per heavy atom. The Bertz CT molecular complexity index is 496. The van der Waals surface area contributed by atoms with E-state index in [4.69, 9.17) is 0 Å². The van der Waals surface area contributed by atoms with Crippen LogP contribution >= 0.6 is 0 Å². The van der Waals surface area contributed by atoms with Gasteiger partial charge < -0.3 is 19.8 Å². The van der Waals surface area contributed by atoms with Gasteiger partial charge >= 0.3 is 59.1 Å². The summed E-state index contributed by atoms with van der Waals surface area (Å²) in [7, 11) is 0. The zero-order valence-corrected chi connectivity index (χ0v) is 17.9.